The van der Waals surface area contributed by atoms with Crippen LogP contribution in [-0.4, -0.2) is 37.6 Å². The molecule has 0 saturated heterocycles. The number of carbonyl (C=O) groups is 2. The number of fused-ring (bicyclic) bond motifs is 2. The number of ether oxygens (including phenoxy) is 1. The van der Waals surface area contributed by atoms with Crippen LogP contribution in [0, 0.1) is 6.92 Å². The van der Waals surface area contributed by atoms with Gasteiger partial charge >= 0.3 is 0 Å². The van der Waals surface area contributed by atoms with Gasteiger partial charge in [-0.1, -0.05) is 29.8 Å². The first-order valence-corrected chi connectivity index (χ1v) is 9.23. The maximum absolute atomic E-state index is 13.2. The Morgan fingerprint density at radius 2 is 2.00 bits per heavy atom. The molecule has 0 aliphatic carbocycles. The molecule has 4 rings (SSSR count). The SMILES string of the molecule is Cc1ccc2c(c1)CCCN2CC(=O)N1C[C@H](C(N)=O)Oc2ccccc21. The van der Waals surface area contributed by atoms with Crippen molar-refractivity contribution in [1.82, 2.24) is 0 Å². The van der Waals surface area contributed by atoms with Gasteiger partial charge < -0.3 is 20.3 Å². The fourth-order valence-electron chi connectivity index (χ4n) is 3.84. The molecule has 1 atom stereocenters. The first kappa shape index (κ1) is 17.4. The third-order valence-corrected chi connectivity index (χ3v) is 5.17. The van der Waals surface area contributed by atoms with Gasteiger partial charge in [-0.15, -0.1) is 0 Å². The molecule has 2 aliphatic rings. The number of primary amides is 1. The molecule has 2 amide bonds. The second kappa shape index (κ2) is 6.95. The van der Waals surface area contributed by atoms with Crippen LogP contribution >= 0.6 is 0 Å². The molecule has 6 heteroatoms. The molecule has 0 aromatic heterocycles. The van der Waals surface area contributed by atoms with Crippen LogP contribution in [0.1, 0.15) is 17.5 Å². The normalized spacial score (nSPS) is 18.3. The largest absolute Gasteiger partial charge is 0.477 e. The maximum Gasteiger partial charge on any atom is 0.260 e. The Balaban J connectivity index is 1.59. The van der Waals surface area contributed by atoms with Crippen molar-refractivity contribution in [3.05, 3.63) is 53.6 Å². The third kappa shape index (κ3) is 3.35. The van der Waals surface area contributed by atoms with E-state index in [4.69, 9.17) is 10.5 Å². The molecular weight excluding hydrogens is 342 g/mol. The molecule has 0 saturated carbocycles. The minimum absolute atomic E-state index is 0.0644. The summed E-state index contributed by atoms with van der Waals surface area (Å²) < 4.78 is 5.65. The molecule has 140 valence electrons. The topological polar surface area (TPSA) is 75.9 Å². The Bertz CT molecular complexity index is 896. The lowest BCUT2D eigenvalue weighted by Gasteiger charge is -2.36. The Morgan fingerprint density at radius 1 is 1.19 bits per heavy atom. The predicted molar refractivity (Wildman–Crippen MR) is 104 cm³/mol. The molecule has 0 unspecified atom stereocenters. The van der Waals surface area contributed by atoms with Crippen molar-refractivity contribution in [2.24, 2.45) is 5.73 Å². The zero-order chi connectivity index (χ0) is 19.0. The van der Waals surface area contributed by atoms with Gasteiger partial charge in [-0.2, -0.15) is 0 Å². The molecule has 2 aromatic rings. The quantitative estimate of drug-likeness (QED) is 0.903. The number of aryl methyl sites for hydroxylation is 2. The Hall–Kier alpha value is -3.02. The van der Waals surface area contributed by atoms with Crippen LogP contribution in [0.25, 0.3) is 0 Å². The van der Waals surface area contributed by atoms with Crippen molar-refractivity contribution in [2.45, 2.75) is 25.9 Å². The number of hydrogen-bond acceptors (Lipinski definition) is 4. The third-order valence-electron chi connectivity index (χ3n) is 5.17. The van der Waals surface area contributed by atoms with Crippen molar-refractivity contribution in [3.63, 3.8) is 0 Å². The summed E-state index contributed by atoms with van der Waals surface area (Å²) in [4.78, 5) is 28.6. The summed E-state index contributed by atoms with van der Waals surface area (Å²) in [5.74, 6) is -0.123. The van der Waals surface area contributed by atoms with Crippen molar-refractivity contribution >= 4 is 23.2 Å². The fraction of sp³-hybridized carbons (Fsp3) is 0.333. The van der Waals surface area contributed by atoms with Crippen LogP contribution in [0.5, 0.6) is 5.75 Å². The van der Waals surface area contributed by atoms with Crippen LogP contribution in [0.2, 0.25) is 0 Å². The first-order chi connectivity index (χ1) is 13.0. The number of nitrogens with two attached hydrogens (primary N) is 1. The summed E-state index contributed by atoms with van der Waals surface area (Å²) in [6, 6.07) is 13.6. The number of amides is 2. The van der Waals surface area contributed by atoms with E-state index in [1.807, 2.05) is 18.2 Å². The van der Waals surface area contributed by atoms with Crippen LogP contribution in [-0.2, 0) is 16.0 Å². The number of carbonyl (C=O) groups excluding carboxylic acids is 2. The van der Waals surface area contributed by atoms with Gasteiger partial charge in [0.15, 0.2) is 6.10 Å². The Kier molecular flexibility index (Phi) is 4.48. The van der Waals surface area contributed by atoms with E-state index in [0.717, 1.165) is 25.1 Å². The summed E-state index contributed by atoms with van der Waals surface area (Å²) in [7, 11) is 0. The smallest absolute Gasteiger partial charge is 0.260 e. The van der Waals surface area contributed by atoms with E-state index in [1.165, 1.54) is 11.1 Å². The van der Waals surface area contributed by atoms with Gasteiger partial charge in [0.25, 0.3) is 5.91 Å². The molecule has 2 aliphatic heterocycles. The van der Waals surface area contributed by atoms with E-state index in [-0.39, 0.29) is 19.0 Å². The minimum Gasteiger partial charge on any atom is -0.477 e. The second-order valence-electron chi connectivity index (χ2n) is 7.14. The zero-order valence-electron chi connectivity index (χ0n) is 15.4. The van der Waals surface area contributed by atoms with Crippen LogP contribution < -0.4 is 20.3 Å². The summed E-state index contributed by atoms with van der Waals surface area (Å²) in [5.41, 5.74) is 9.75. The average Bonchev–Trinajstić information content (AvgIpc) is 2.66. The molecular formula is C21H23N3O3. The van der Waals surface area contributed by atoms with Crippen LogP contribution in [0.3, 0.4) is 0 Å². The van der Waals surface area contributed by atoms with E-state index < -0.39 is 12.0 Å². The molecule has 6 nitrogen and oxygen atoms in total. The molecule has 0 fully saturated rings. The van der Waals surface area contributed by atoms with E-state index >= 15 is 0 Å². The summed E-state index contributed by atoms with van der Waals surface area (Å²) in [6.45, 7) is 3.32. The molecule has 27 heavy (non-hydrogen) atoms. The highest BCUT2D eigenvalue weighted by Crippen LogP contribution is 2.34. The molecule has 0 bridgehead atoms. The highest BCUT2D eigenvalue weighted by atomic mass is 16.5. The molecule has 2 heterocycles. The predicted octanol–water partition coefficient (Wildman–Crippen LogP) is 2.03. The van der Waals surface area contributed by atoms with E-state index in [1.54, 1.807) is 11.0 Å². The van der Waals surface area contributed by atoms with E-state index in [9.17, 15) is 9.59 Å². The summed E-state index contributed by atoms with van der Waals surface area (Å²) in [5, 5.41) is 0. The standard InChI is InChI=1S/C21H23N3O3/c1-14-8-9-16-15(11-14)5-4-10-23(16)13-20(25)24-12-19(21(22)26)27-18-7-3-2-6-17(18)24/h2-3,6-9,11,19H,4-5,10,12-13H2,1H3,(H2,22,26)/t19-/m1/s1. The maximum atomic E-state index is 13.2. The van der Waals surface area contributed by atoms with Crippen molar-refractivity contribution < 1.29 is 14.3 Å². The average molecular weight is 365 g/mol. The second-order valence-corrected chi connectivity index (χ2v) is 7.14. The Morgan fingerprint density at radius 3 is 2.81 bits per heavy atom. The van der Waals surface area contributed by atoms with Gasteiger partial charge in [-0.05, 0) is 43.5 Å². The lowest BCUT2D eigenvalue weighted by molar-refractivity contribution is -0.125. The van der Waals surface area contributed by atoms with Crippen molar-refractivity contribution in [3.8, 4) is 5.75 Å². The highest BCUT2D eigenvalue weighted by Gasteiger charge is 2.33. The van der Waals surface area contributed by atoms with Gasteiger partial charge in [0.1, 0.15) is 5.75 Å². The lowest BCUT2D eigenvalue weighted by Crippen LogP contribution is -2.52. The fourth-order valence-corrected chi connectivity index (χ4v) is 3.84. The number of rotatable bonds is 3. The van der Waals surface area contributed by atoms with E-state index in [2.05, 4.69) is 30.0 Å². The monoisotopic (exact) mass is 365 g/mol. The molecule has 0 spiro atoms. The number of hydrogen-bond donors (Lipinski definition) is 1. The Labute approximate surface area is 158 Å². The summed E-state index contributed by atoms with van der Waals surface area (Å²) >= 11 is 0. The first-order valence-electron chi connectivity index (χ1n) is 9.23. The van der Waals surface area contributed by atoms with Gasteiger partial charge in [-0.3, -0.25) is 9.59 Å². The van der Waals surface area contributed by atoms with E-state index in [0.29, 0.717) is 11.4 Å². The summed E-state index contributed by atoms with van der Waals surface area (Å²) in [6.07, 6.45) is 1.22. The number of anilines is 2. The number of para-hydroxylation sites is 2. The van der Waals surface area contributed by atoms with Gasteiger partial charge in [-0.25, -0.2) is 0 Å². The van der Waals surface area contributed by atoms with Crippen molar-refractivity contribution in [1.29, 1.82) is 0 Å². The van der Waals surface area contributed by atoms with Crippen LogP contribution in [0.15, 0.2) is 42.5 Å². The molecule has 0 radical (unpaired) electrons. The molecule has 2 aromatic carbocycles. The minimum atomic E-state index is -0.833. The van der Waals surface area contributed by atoms with Crippen molar-refractivity contribution in [2.75, 3.05) is 29.4 Å². The van der Waals surface area contributed by atoms with Gasteiger partial charge in [0, 0.05) is 12.2 Å². The van der Waals surface area contributed by atoms with Gasteiger partial charge in [0.05, 0.1) is 18.8 Å². The number of nitrogens with zero attached hydrogens (tertiary/aromatic N) is 2. The number of benzene rings is 2. The lowest BCUT2D eigenvalue weighted by atomic mass is 9.99. The highest BCUT2D eigenvalue weighted by molar-refractivity contribution is 5.99. The van der Waals surface area contributed by atoms with Crippen LogP contribution in [0.4, 0.5) is 11.4 Å². The molecule has 2 N–H and O–H groups in total. The zero-order valence-corrected chi connectivity index (χ0v) is 15.4. The van der Waals surface area contributed by atoms with Gasteiger partial charge in [0.2, 0.25) is 5.91 Å².